The van der Waals surface area contributed by atoms with Crippen LogP contribution in [0.1, 0.15) is 35.6 Å². The molecule has 0 N–H and O–H groups in total. The van der Waals surface area contributed by atoms with E-state index in [1.54, 1.807) is 0 Å². The number of rotatable bonds is 3. The number of benzene rings is 2. The molecule has 2 nitrogen and oxygen atoms in total. The summed E-state index contributed by atoms with van der Waals surface area (Å²) in [6.45, 7) is 0. The van der Waals surface area contributed by atoms with Gasteiger partial charge in [0.15, 0.2) is 0 Å². The first-order valence-electron chi connectivity index (χ1n) is 7.10. The van der Waals surface area contributed by atoms with E-state index in [2.05, 4.69) is 4.57 Å². The molecule has 21 heavy (non-hydrogen) atoms. The van der Waals surface area contributed by atoms with Crippen molar-refractivity contribution < 1.29 is 0 Å². The van der Waals surface area contributed by atoms with Crippen LogP contribution in [0.5, 0.6) is 0 Å². The van der Waals surface area contributed by atoms with E-state index in [1.165, 1.54) is 12.8 Å². The molecule has 3 aromatic rings. The first-order valence-corrected chi connectivity index (χ1v) is 7.92. The summed E-state index contributed by atoms with van der Waals surface area (Å²) < 4.78 is 2.27. The van der Waals surface area contributed by atoms with Crippen LogP contribution in [0.25, 0.3) is 11.0 Å². The summed E-state index contributed by atoms with van der Waals surface area (Å²) in [5.41, 5.74) is 3.12. The lowest BCUT2D eigenvalue weighted by Crippen LogP contribution is -2.05. The van der Waals surface area contributed by atoms with Gasteiger partial charge in [-0.2, -0.15) is 0 Å². The van der Waals surface area contributed by atoms with Gasteiger partial charge in [-0.05, 0) is 36.6 Å². The highest BCUT2D eigenvalue weighted by Gasteiger charge is 2.31. The molecule has 0 spiro atoms. The van der Waals surface area contributed by atoms with E-state index in [4.69, 9.17) is 28.2 Å². The van der Waals surface area contributed by atoms with Gasteiger partial charge in [-0.3, -0.25) is 0 Å². The summed E-state index contributed by atoms with van der Waals surface area (Å²) in [6, 6.07) is 16.4. The maximum absolute atomic E-state index is 6.70. The summed E-state index contributed by atoms with van der Waals surface area (Å²) in [4.78, 5) is 4.76. The quantitative estimate of drug-likeness (QED) is 0.595. The van der Waals surface area contributed by atoms with Crippen molar-refractivity contribution in [1.82, 2.24) is 9.55 Å². The van der Waals surface area contributed by atoms with Crippen molar-refractivity contribution in [3.63, 3.8) is 0 Å². The Bertz CT molecular complexity index is 791. The summed E-state index contributed by atoms with van der Waals surface area (Å²) >= 11 is 12.9. The maximum atomic E-state index is 6.70. The minimum Gasteiger partial charge on any atom is -0.323 e. The van der Waals surface area contributed by atoms with Crippen LogP contribution in [0.15, 0.2) is 48.5 Å². The van der Waals surface area contributed by atoms with Gasteiger partial charge in [0.2, 0.25) is 0 Å². The van der Waals surface area contributed by atoms with Crippen LogP contribution < -0.4 is 0 Å². The lowest BCUT2D eigenvalue weighted by molar-refractivity contribution is 0.709. The molecule has 0 aliphatic heterocycles. The molecule has 1 aliphatic rings. The van der Waals surface area contributed by atoms with Crippen LogP contribution in [0.3, 0.4) is 0 Å². The number of alkyl halides is 1. The van der Waals surface area contributed by atoms with Crippen LogP contribution in [0, 0.1) is 0 Å². The molecule has 0 saturated heterocycles. The first-order chi connectivity index (χ1) is 10.2. The van der Waals surface area contributed by atoms with E-state index >= 15 is 0 Å². The van der Waals surface area contributed by atoms with Gasteiger partial charge >= 0.3 is 0 Å². The van der Waals surface area contributed by atoms with Gasteiger partial charge in [0, 0.05) is 11.1 Å². The van der Waals surface area contributed by atoms with Gasteiger partial charge in [-0.15, -0.1) is 11.6 Å². The fourth-order valence-electron chi connectivity index (χ4n) is 2.75. The lowest BCUT2D eigenvalue weighted by atomic mass is 10.1. The van der Waals surface area contributed by atoms with E-state index in [1.807, 2.05) is 48.5 Å². The molecule has 4 heteroatoms. The molecule has 0 bridgehead atoms. The molecule has 4 rings (SSSR count). The summed E-state index contributed by atoms with van der Waals surface area (Å²) in [7, 11) is 0. The second-order valence-electron chi connectivity index (χ2n) is 5.48. The van der Waals surface area contributed by atoms with Crippen molar-refractivity contribution >= 4 is 34.2 Å². The van der Waals surface area contributed by atoms with E-state index in [0.717, 1.165) is 27.4 Å². The van der Waals surface area contributed by atoms with Crippen molar-refractivity contribution in [2.24, 2.45) is 0 Å². The highest BCUT2D eigenvalue weighted by atomic mass is 35.5. The predicted molar refractivity (Wildman–Crippen MR) is 87.2 cm³/mol. The molecular weight excluding hydrogens is 303 g/mol. The lowest BCUT2D eigenvalue weighted by Gasteiger charge is -2.13. The van der Waals surface area contributed by atoms with Crippen LogP contribution in [0.4, 0.5) is 0 Å². The number of aromatic nitrogens is 2. The van der Waals surface area contributed by atoms with Crippen LogP contribution >= 0.6 is 23.2 Å². The molecule has 1 aliphatic carbocycles. The monoisotopic (exact) mass is 316 g/mol. The molecule has 0 amide bonds. The van der Waals surface area contributed by atoms with E-state index in [-0.39, 0.29) is 5.38 Å². The standard InChI is InChI=1S/C17H14Cl2N2/c18-12-6-9-14-15(10-12)21(13-7-8-13)17(20-14)16(19)11-4-2-1-3-5-11/h1-6,9-10,13,16H,7-8H2. The van der Waals surface area contributed by atoms with Crippen molar-refractivity contribution in [3.05, 3.63) is 64.9 Å². The second kappa shape index (κ2) is 5.04. The Kier molecular flexibility index (Phi) is 3.16. The third-order valence-corrected chi connectivity index (χ3v) is 4.59. The molecule has 2 aromatic carbocycles. The fourth-order valence-corrected chi connectivity index (χ4v) is 3.22. The number of hydrogen-bond donors (Lipinski definition) is 0. The predicted octanol–water partition coefficient (Wildman–Crippen LogP) is 5.35. The Morgan fingerprint density at radius 1 is 1.10 bits per heavy atom. The molecule has 1 fully saturated rings. The Morgan fingerprint density at radius 3 is 2.57 bits per heavy atom. The topological polar surface area (TPSA) is 17.8 Å². The van der Waals surface area contributed by atoms with Crippen molar-refractivity contribution in [3.8, 4) is 0 Å². The van der Waals surface area contributed by atoms with Crippen molar-refractivity contribution in [2.75, 3.05) is 0 Å². The summed E-state index contributed by atoms with van der Waals surface area (Å²) in [5, 5.41) is 0.500. The molecule has 1 atom stereocenters. The zero-order valence-corrected chi connectivity index (χ0v) is 12.8. The van der Waals surface area contributed by atoms with Gasteiger partial charge in [-0.1, -0.05) is 41.9 Å². The number of nitrogens with zero attached hydrogens (tertiary/aromatic N) is 2. The highest BCUT2D eigenvalue weighted by molar-refractivity contribution is 6.31. The Labute approximate surface area is 133 Å². The van der Waals surface area contributed by atoms with Crippen molar-refractivity contribution in [2.45, 2.75) is 24.3 Å². The molecule has 1 saturated carbocycles. The van der Waals surface area contributed by atoms with Crippen molar-refractivity contribution in [1.29, 1.82) is 0 Å². The Hall–Kier alpha value is -1.51. The zero-order chi connectivity index (χ0) is 14.4. The fraction of sp³-hybridized carbons (Fsp3) is 0.235. The molecule has 1 aromatic heterocycles. The normalized spacial score (nSPS) is 16.3. The molecule has 1 unspecified atom stereocenters. The van der Waals surface area contributed by atoms with E-state index in [9.17, 15) is 0 Å². The number of imidazole rings is 1. The first kappa shape index (κ1) is 13.2. The third kappa shape index (κ3) is 2.33. The van der Waals surface area contributed by atoms with Gasteiger partial charge in [0.1, 0.15) is 11.2 Å². The summed E-state index contributed by atoms with van der Waals surface area (Å²) in [6.07, 6.45) is 2.37. The third-order valence-electron chi connectivity index (χ3n) is 3.91. The molecule has 1 heterocycles. The highest BCUT2D eigenvalue weighted by Crippen LogP contribution is 2.42. The zero-order valence-electron chi connectivity index (χ0n) is 11.3. The van der Waals surface area contributed by atoms with Gasteiger partial charge in [-0.25, -0.2) is 4.98 Å². The minimum atomic E-state index is -0.238. The SMILES string of the molecule is Clc1ccc2nc(C(Cl)c3ccccc3)n(C3CC3)c2c1. The van der Waals surface area contributed by atoms with Gasteiger partial charge < -0.3 is 4.57 Å². The molecule has 106 valence electrons. The van der Waals surface area contributed by atoms with Crippen LogP contribution in [-0.2, 0) is 0 Å². The molecule has 0 radical (unpaired) electrons. The van der Waals surface area contributed by atoms with Crippen LogP contribution in [0.2, 0.25) is 5.02 Å². The van der Waals surface area contributed by atoms with E-state index < -0.39 is 0 Å². The smallest absolute Gasteiger partial charge is 0.132 e. The average Bonchev–Trinajstić information content (AvgIpc) is 3.28. The second-order valence-corrected chi connectivity index (χ2v) is 6.35. The number of fused-ring (bicyclic) bond motifs is 1. The Morgan fingerprint density at radius 2 is 1.86 bits per heavy atom. The van der Waals surface area contributed by atoms with E-state index in [0.29, 0.717) is 6.04 Å². The largest absolute Gasteiger partial charge is 0.323 e. The number of hydrogen-bond acceptors (Lipinski definition) is 1. The average molecular weight is 317 g/mol. The molecular formula is C17H14Cl2N2. The Balaban J connectivity index is 1.90. The van der Waals surface area contributed by atoms with Gasteiger partial charge in [0.05, 0.1) is 11.0 Å². The van der Waals surface area contributed by atoms with Crippen LogP contribution in [-0.4, -0.2) is 9.55 Å². The number of halogens is 2. The van der Waals surface area contributed by atoms with Gasteiger partial charge in [0.25, 0.3) is 0 Å². The minimum absolute atomic E-state index is 0.238. The summed E-state index contributed by atoms with van der Waals surface area (Å²) in [5.74, 6) is 0.919. The maximum Gasteiger partial charge on any atom is 0.132 e.